The van der Waals surface area contributed by atoms with Crippen LogP contribution in [0.25, 0.3) is 0 Å². The second-order valence-corrected chi connectivity index (χ2v) is 10.8. The van der Waals surface area contributed by atoms with E-state index in [4.69, 9.17) is 18.9 Å². The van der Waals surface area contributed by atoms with Gasteiger partial charge in [0.1, 0.15) is 30.3 Å². The molecule has 1 amide bonds. The van der Waals surface area contributed by atoms with Gasteiger partial charge in [-0.05, 0) is 80.3 Å². The van der Waals surface area contributed by atoms with Gasteiger partial charge in [-0.2, -0.15) is 13.2 Å². The average Bonchev–Trinajstić information content (AvgIpc) is 3.18. The molecule has 0 unspecified atom stereocenters. The van der Waals surface area contributed by atoms with Crippen molar-refractivity contribution < 1.29 is 36.9 Å². The number of piperidine rings is 1. The van der Waals surface area contributed by atoms with Crippen LogP contribution in [-0.4, -0.2) is 50.2 Å². The molecule has 2 fully saturated rings. The molecule has 0 aromatic heterocycles. The number of hydrogen-bond acceptors (Lipinski definition) is 6. The lowest BCUT2D eigenvalue weighted by Crippen LogP contribution is -2.49. The molecule has 10 heteroatoms. The molecule has 224 valence electrons. The first-order valence-corrected chi connectivity index (χ1v) is 13.9. The van der Waals surface area contributed by atoms with E-state index < -0.39 is 29.0 Å². The number of benzene rings is 3. The van der Waals surface area contributed by atoms with Crippen LogP contribution in [0.1, 0.15) is 52.7 Å². The molecule has 2 aliphatic heterocycles. The number of nitrogens with zero attached hydrogens (tertiary/aromatic N) is 1. The number of rotatable bonds is 10. The van der Waals surface area contributed by atoms with E-state index in [-0.39, 0.29) is 25.0 Å². The summed E-state index contributed by atoms with van der Waals surface area (Å²) >= 11 is 0. The van der Waals surface area contributed by atoms with Crippen molar-refractivity contribution in [2.45, 2.75) is 63.2 Å². The molecule has 2 bridgehead atoms. The van der Waals surface area contributed by atoms with Crippen molar-refractivity contribution in [1.29, 1.82) is 0 Å². The minimum absolute atomic E-state index is 0.00982. The molecule has 2 aliphatic rings. The number of amides is 1. The lowest BCUT2D eigenvalue weighted by atomic mass is 9.97. The summed E-state index contributed by atoms with van der Waals surface area (Å²) in [6.45, 7) is -0.181. The SMILES string of the molecule is COc1ccc(COc2ccc(C(=O)N[C@H]3C[C@H]4CC[C@@H](C3)N4C)c(C(F)(F)F)c2OCc2ccc(OC)cc2)cc1. The Morgan fingerprint density at radius 2 is 1.36 bits per heavy atom. The van der Waals surface area contributed by atoms with E-state index >= 15 is 0 Å². The van der Waals surface area contributed by atoms with Crippen LogP contribution in [0, 0.1) is 0 Å². The van der Waals surface area contributed by atoms with Crippen molar-refractivity contribution in [3.05, 3.63) is 82.9 Å². The number of ether oxygens (including phenoxy) is 4. The standard InChI is InChI=1S/C32H35F3N2O5/c1-37-23-8-9-24(37)17-22(16-23)36-31(38)27-14-15-28(41-18-20-4-10-25(39-2)11-5-20)30(29(27)32(33,34)35)42-19-21-6-12-26(40-3)13-7-21/h4-7,10-15,22-24H,8-9,16-19H2,1-3H3,(H,36,38)/t22-,23+,24-. The minimum atomic E-state index is -4.88. The van der Waals surface area contributed by atoms with Crippen LogP contribution in [0.15, 0.2) is 60.7 Å². The largest absolute Gasteiger partial charge is 0.497 e. The van der Waals surface area contributed by atoms with Gasteiger partial charge in [0, 0.05) is 18.1 Å². The zero-order chi connectivity index (χ0) is 29.9. The Balaban J connectivity index is 1.44. The number of halogens is 3. The average molecular weight is 585 g/mol. The maximum Gasteiger partial charge on any atom is 0.420 e. The highest BCUT2D eigenvalue weighted by atomic mass is 19.4. The van der Waals surface area contributed by atoms with Crippen molar-refractivity contribution >= 4 is 5.91 Å². The van der Waals surface area contributed by atoms with Gasteiger partial charge < -0.3 is 29.2 Å². The summed E-state index contributed by atoms with van der Waals surface area (Å²) in [7, 11) is 5.14. The molecule has 0 aliphatic carbocycles. The second kappa shape index (κ2) is 12.5. The molecule has 42 heavy (non-hydrogen) atoms. The van der Waals surface area contributed by atoms with E-state index in [0.29, 0.717) is 42.0 Å². The second-order valence-electron chi connectivity index (χ2n) is 10.8. The predicted octanol–water partition coefficient (Wildman–Crippen LogP) is 6.24. The number of nitrogens with one attached hydrogen (secondary N) is 1. The van der Waals surface area contributed by atoms with Gasteiger partial charge in [0.25, 0.3) is 5.91 Å². The molecule has 1 N–H and O–H groups in total. The molecule has 3 aromatic rings. The highest BCUT2D eigenvalue weighted by Gasteiger charge is 2.43. The van der Waals surface area contributed by atoms with E-state index in [9.17, 15) is 18.0 Å². The Morgan fingerprint density at radius 1 is 0.833 bits per heavy atom. The summed E-state index contributed by atoms with van der Waals surface area (Å²) in [4.78, 5) is 15.7. The Labute approximate surface area is 243 Å². The maximum absolute atomic E-state index is 14.7. The highest BCUT2D eigenvalue weighted by molar-refractivity contribution is 5.97. The molecule has 3 atom stereocenters. The summed E-state index contributed by atoms with van der Waals surface area (Å²) in [6.07, 6.45) is -1.39. The van der Waals surface area contributed by atoms with Gasteiger partial charge in [-0.25, -0.2) is 0 Å². The predicted molar refractivity (Wildman–Crippen MR) is 151 cm³/mol. The fourth-order valence-corrected chi connectivity index (χ4v) is 5.84. The number of hydrogen-bond donors (Lipinski definition) is 1. The lowest BCUT2D eigenvalue weighted by molar-refractivity contribution is -0.139. The minimum Gasteiger partial charge on any atom is -0.497 e. The van der Waals surface area contributed by atoms with Crippen LogP contribution in [0.2, 0.25) is 0 Å². The van der Waals surface area contributed by atoms with E-state index in [0.717, 1.165) is 18.4 Å². The first kappa shape index (κ1) is 29.6. The Hall–Kier alpha value is -3.92. The van der Waals surface area contributed by atoms with Crippen LogP contribution >= 0.6 is 0 Å². The maximum atomic E-state index is 14.7. The molecule has 2 heterocycles. The van der Waals surface area contributed by atoms with Crippen molar-refractivity contribution in [2.75, 3.05) is 21.3 Å². The van der Waals surface area contributed by atoms with Gasteiger partial charge >= 0.3 is 6.18 Å². The summed E-state index contributed by atoms with van der Waals surface area (Å²) in [5.41, 5.74) is -0.294. The summed E-state index contributed by atoms with van der Waals surface area (Å²) in [5, 5.41) is 2.88. The van der Waals surface area contributed by atoms with Crippen LogP contribution in [0.5, 0.6) is 23.0 Å². The first-order chi connectivity index (χ1) is 20.2. The molecule has 2 saturated heterocycles. The van der Waals surface area contributed by atoms with Gasteiger partial charge in [0.15, 0.2) is 11.5 Å². The van der Waals surface area contributed by atoms with Crippen molar-refractivity contribution in [3.63, 3.8) is 0 Å². The van der Waals surface area contributed by atoms with Crippen molar-refractivity contribution in [1.82, 2.24) is 10.2 Å². The lowest BCUT2D eigenvalue weighted by Gasteiger charge is -2.36. The third-order valence-electron chi connectivity index (χ3n) is 8.18. The van der Waals surface area contributed by atoms with Gasteiger partial charge in [0.2, 0.25) is 0 Å². The summed E-state index contributed by atoms with van der Waals surface area (Å²) in [5.74, 6) is -0.149. The first-order valence-electron chi connectivity index (χ1n) is 13.9. The van der Waals surface area contributed by atoms with E-state index in [1.54, 1.807) is 55.6 Å². The number of alkyl halides is 3. The molecular weight excluding hydrogens is 549 g/mol. The molecule has 0 radical (unpaired) electrons. The normalized spacial score (nSPS) is 20.2. The van der Waals surface area contributed by atoms with Gasteiger partial charge in [-0.1, -0.05) is 24.3 Å². The van der Waals surface area contributed by atoms with Gasteiger partial charge in [0.05, 0.1) is 19.8 Å². The third kappa shape index (κ3) is 6.59. The van der Waals surface area contributed by atoms with Crippen molar-refractivity contribution in [2.24, 2.45) is 0 Å². The van der Waals surface area contributed by atoms with Crippen LogP contribution < -0.4 is 24.3 Å². The topological polar surface area (TPSA) is 69.3 Å². The van der Waals surface area contributed by atoms with Gasteiger partial charge in [-0.15, -0.1) is 0 Å². The highest BCUT2D eigenvalue weighted by Crippen LogP contribution is 2.45. The molecule has 5 rings (SSSR count). The molecule has 3 aromatic carbocycles. The summed E-state index contributed by atoms with van der Waals surface area (Å²) in [6, 6.07) is 16.8. The van der Waals surface area contributed by atoms with Gasteiger partial charge in [-0.3, -0.25) is 4.79 Å². The third-order valence-corrected chi connectivity index (χ3v) is 8.18. The summed E-state index contributed by atoms with van der Waals surface area (Å²) < 4.78 is 66.2. The number of fused-ring (bicyclic) bond motifs is 2. The number of carbonyl (C=O) groups is 1. The van der Waals surface area contributed by atoms with E-state index in [2.05, 4.69) is 17.3 Å². The fraction of sp³-hybridized carbons (Fsp3) is 0.406. The monoisotopic (exact) mass is 584 g/mol. The van der Waals surface area contributed by atoms with Crippen molar-refractivity contribution in [3.8, 4) is 23.0 Å². The molecule has 7 nitrogen and oxygen atoms in total. The Morgan fingerprint density at radius 3 is 1.86 bits per heavy atom. The zero-order valence-electron chi connectivity index (χ0n) is 23.9. The fourth-order valence-electron chi connectivity index (χ4n) is 5.84. The van der Waals surface area contributed by atoms with Crippen LogP contribution in [0.4, 0.5) is 13.2 Å². The smallest absolute Gasteiger partial charge is 0.420 e. The number of carbonyl (C=O) groups excluding carboxylic acids is 1. The Kier molecular flexibility index (Phi) is 8.82. The molecular formula is C32H35F3N2O5. The number of methoxy groups -OCH3 is 2. The van der Waals surface area contributed by atoms with E-state index in [1.165, 1.54) is 19.2 Å². The van der Waals surface area contributed by atoms with Crippen LogP contribution in [0.3, 0.4) is 0 Å². The van der Waals surface area contributed by atoms with E-state index in [1.807, 2.05) is 0 Å². The molecule has 0 saturated carbocycles. The quantitative estimate of drug-likeness (QED) is 0.305. The Bertz CT molecular complexity index is 1360. The molecule has 0 spiro atoms. The zero-order valence-corrected chi connectivity index (χ0v) is 23.9. The van der Waals surface area contributed by atoms with Crippen LogP contribution in [-0.2, 0) is 19.4 Å².